The number of benzene rings is 1. The van der Waals surface area contributed by atoms with Gasteiger partial charge in [-0.2, -0.15) is 39.5 Å². The lowest BCUT2D eigenvalue weighted by Crippen LogP contribution is -2.19. The van der Waals surface area contributed by atoms with E-state index < -0.39 is 47.2 Å². The van der Waals surface area contributed by atoms with Crippen molar-refractivity contribution in [3.8, 4) is 0 Å². The number of hydrogen-bond donors (Lipinski definition) is 0. The molecular formula is C11H7F9. The zero-order valence-corrected chi connectivity index (χ0v) is 9.76. The Hall–Kier alpha value is -1.41. The Bertz CT molecular complexity index is 455. The second kappa shape index (κ2) is 4.85. The van der Waals surface area contributed by atoms with Gasteiger partial charge in [-0.1, -0.05) is 6.92 Å². The molecule has 0 aliphatic carbocycles. The monoisotopic (exact) mass is 310 g/mol. The molecule has 0 amide bonds. The molecule has 0 radical (unpaired) electrons. The van der Waals surface area contributed by atoms with Crippen LogP contribution in [0.3, 0.4) is 0 Å². The molecule has 0 nitrogen and oxygen atoms in total. The maximum Gasteiger partial charge on any atom is 0.416 e. The zero-order valence-electron chi connectivity index (χ0n) is 9.76. The van der Waals surface area contributed by atoms with E-state index in [0.29, 0.717) is 0 Å². The summed E-state index contributed by atoms with van der Waals surface area (Å²) in [5, 5.41) is 0. The number of rotatable bonds is 1. The van der Waals surface area contributed by atoms with Gasteiger partial charge in [-0.25, -0.2) is 0 Å². The predicted octanol–water partition coefficient (Wildman–Crippen LogP) is 5.31. The van der Waals surface area contributed by atoms with Gasteiger partial charge in [0.1, 0.15) is 0 Å². The highest BCUT2D eigenvalue weighted by atomic mass is 19.4. The first-order valence-corrected chi connectivity index (χ1v) is 5.17. The van der Waals surface area contributed by atoms with Crippen LogP contribution in [0.2, 0.25) is 0 Å². The van der Waals surface area contributed by atoms with E-state index >= 15 is 0 Å². The Morgan fingerprint density at radius 2 is 1.05 bits per heavy atom. The van der Waals surface area contributed by atoms with Crippen LogP contribution in [0, 0.1) is 0 Å². The van der Waals surface area contributed by atoms with Crippen LogP contribution in [0.4, 0.5) is 39.5 Å². The molecule has 0 saturated heterocycles. The Labute approximate surface area is 107 Å². The maximum atomic E-state index is 12.6. The van der Waals surface area contributed by atoms with Gasteiger partial charge in [0.15, 0.2) is 0 Å². The minimum atomic E-state index is -5.30. The minimum Gasteiger partial charge on any atom is -0.166 e. The van der Waals surface area contributed by atoms with E-state index in [4.69, 9.17) is 0 Å². The highest BCUT2D eigenvalue weighted by Crippen LogP contribution is 2.43. The van der Waals surface area contributed by atoms with E-state index in [2.05, 4.69) is 0 Å². The molecule has 0 spiro atoms. The second-order valence-electron chi connectivity index (χ2n) is 3.90. The van der Waals surface area contributed by atoms with Crippen LogP contribution in [0.25, 0.3) is 0 Å². The molecule has 0 unspecified atom stereocenters. The lowest BCUT2D eigenvalue weighted by molar-refractivity contribution is -0.149. The minimum absolute atomic E-state index is 0.298. The van der Waals surface area contributed by atoms with Gasteiger partial charge in [0.2, 0.25) is 0 Å². The first-order chi connectivity index (χ1) is 8.78. The number of hydrogen-bond acceptors (Lipinski definition) is 0. The summed E-state index contributed by atoms with van der Waals surface area (Å²) in [6.45, 7) is 1.01. The van der Waals surface area contributed by atoms with E-state index in [-0.39, 0.29) is 12.1 Å². The first kappa shape index (κ1) is 16.6. The molecule has 1 aromatic carbocycles. The van der Waals surface area contributed by atoms with Crippen LogP contribution in [0.1, 0.15) is 29.2 Å². The Kier molecular flexibility index (Phi) is 4.04. The van der Waals surface area contributed by atoms with Crippen molar-refractivity contribution in [3.05, 3.63) is 34.4 Å². The van der Waals surface area contributed by atoms with Crippen molar-refractivity contribution in [1.29, 1.82) is 0 Å². The van der Waals surface area contributed by atoms with Crippen molar-refractivity contribution in [2.75, 3.05) is 0 Å². The molecule has 0 aliphatic heterocycles. The Morgan fingerprint density at radius 3 is 1.25 bits per heavy atom. The van der Waals surface area contributed by atoms with Crippen molar-refractivity contribution in [1.82, 2.24) is 0 Å². The molecule has 0 aliphatic rings. The highest BCUT2D eigenvalue weighted by Gasteiger charge is 2.44. The Balaban J connectivity index is 3.75. The number of alkyl halides is 9. The predicted molar refractivity (Wildman–Crippen MR) is 50.8 cm³/mol. The lowest BCUT2D eigenvalue weighted by Gasteiger charge is -2.20. The summed E-state index contributed by atoms with van der Waals surface area (Å²) < 4.78 is 113. The van der Waals surface area contributed by atoms with Crippen LogP contribution in [0.15, 0.2) is 12.1 Å². The van der Waals surface area contributed by atoms with E-state index in [1.165, 1.54) is 0 Å². The van der Waals surface area contributed by atoms with E-state index in [0.717, 1.165) is 6.92 Å². The fourth-order valence-electron chi connectivity index (χ4n) is 1.72. The summed E-state index contributed by atoms with van der Waals surface area (Å²) in [7, 11) is 0. The third-order valence-corrected chi connectivity index (χ3v) is 2.54. The average molecular weight is 310 g/mol. The van der Waals surface area contributed by atoms with Crippen molar-refractivity contribution in [2.24, 2.45) is 0 Å². The Morgan fingerprint density at radius 1 is 0.700 bits per heavy atom. The van der Waals surface area contributed by atoms with Gasteiger partial charge in [-0.3, -0.25) is 0 Å². The van der Waals surface area contributed by atoms with Crippen molar-refractivity contribution in [2.45, 2.75) is 31.9 Å². The molecule has 0 fully saturated rings. The molecule has 9 heteroatoms. The molecule has 1 aromatic rings. The summed E-state index contributed by atoms with van der Waals surface area (Å²) in [5.41, 5.74) is -7.00. The maximum absolute atomic E-state index is 12.6. The van der Waals surface area contributed by atoms with Gasteiger partial charge in [0.25, 0.3) is 0 Å². The molecule has 1 rings (SSSR count). The van der Waals surface area contributed by atoms with Crippen LogP contribution >= 0.6 is 0 Å². The fraction of sp³-hybridized carbons (Fsp3) is 0.455. The molecule has 0 N–H and O–H groups in total. The van der Waals surface area contributed by atoms with E-state index in [1.54, 1.807) is 0 Å². The first-order valence-electron chi connectivity index (χ1n) is 5.17. The second-order valence-corrected chi connectivity index (χ2v) is 3.90. The summed E-state index contributed by atoms with van der Waals surface area (Å²) in [6.07, 6.45) is -16.6. The molecule has 114 valence electrons. The van der Waals surface area contributed by atoms with Crippen molar-refractivity contribution < 1.29 is 39.5 Å². The molecule has 0 bridgehead atoms. The standard InChI is InChI=1S/C11H7F9/c1-2-6-7(10(15,16)17)3-5(9(12,13)14)4-8(6)11(18,19)20/h3-4H,2H2,1H3. The molecule has 20 heavy (non-hydrogen) atoms. The lowest BCUT2D eigenvalue weighted by atomic mass is 9.94. The quantitative estimate of drug-likeness (QED) is 0.617. The van der Waals surface area contributed by atoms with Crippen LogP contribution in [-0.2, 0) is 24.9 Å². The van der Waals surface area contributed by atoms with Gasteiger partial charge in [0, 0.05) is 0 Å². The summed E-state index contributed by atoms with van der Waals surface area (Å²) in [4.78, 5) is 0. The molecule has 0 atom stereocenters. The molecular weight excluding hydrogens is 303 g/mol. The topological polar surface area (TPSA) is 0 Å². The largest absolute Gasteiger partial charge is 0.416 e. The SMILES string of the molecule is CCc1c(C(F)(F)F)cc(C(F)(F)F)cc1C(F)(F)F. The number of halogens is 9. The smallest absolute Gasteiger partial charge is 0.166 e. The van der Waals surface area contributed by atoms with Gasteiger partial charge >= 0.3 is 18.5 Å². The van der Waals surface area contributed by atoms with E-state index in [1.807, 2.05) is 0 Å². The summed E-state index contributed by atoms with van der Waals surface area (Å²) >= 11 is 0. The highest BCUT2D eigenvalue weighted by molar-refractivity contribution is 5.43. The van der Waals surface area contributed by atoms with Gasteiger partial charge < -0.3 is 0 Å². The van der Waals surface area contributed by atoms with Gasteiger partial charge in [-0.15, -0.1) is 0 Å². The van der Waals surface area contributed by atoms with Crippen molar-refractivity contribution >= 4 is 0 Å². The third kappa shape index (κ3) is 3.37. The molecule has 0 aromatic heterocycles. The molecule has 0 saturated carbocycles. The third-order valence-electron chi connectivity index (χ3n) is 2.54. The van der Waals surface area contributed by atoms with Gasteiger partial charge in [-0.05, 0) is 24.1 Å². The molecule has 0 heterocycles. The normalized spacial score (nSPS) is 13.7. The van der Waals surface area contributed by atoms with E-state index in [9.17, 15) is 39.5 Å². The zero-order chi connectivity index (χ0) is 15.9. The van der Waals surface area contributed by atoms with Gasteiger partial charge in [0.05, 0.1) is 16.7 Å². The van der Waals surface area contributed by atoms with Crippen LogP contribution in [-0.4, -0.2) is 0 Å². The van der Waals surface area contributed by atoms with Crippen LogP contribution in [0.5, 0.6) is 0 Å². The average Bonchev–Trinajstić information content (AvgIpc) is 2.23. The summed E-state index contributed by atoms with van der Waals surface area (Å²) in [6, 6.07) is -0.595. The summed E-state index contributed by atoms with van der Waals surface area (Å²) in [5.74, 6) is 0. The van der Waals surface area contributed by atoms with Crippen LogP contribution < -0.4 is 0 Å². The fourth-order valence-corrected chi connectivity index (χ4v) is 1.72. The van der Waals surface area contributed by atoms with Crippen molar-refractivity contribution in [3.63, 3.8) is 0 Å².